The zero-order chi connectivity index (χ0) is 14.8. The van der Waals surface area contributed by atoms with Gasteiger partial charge in [0, 0.05) is 6.08 Å². The molecule has 1 aromatic rings. The highest BCUT2D eigenvalue weighted by Crippen LogP contribution is 2.24. The summed E-state index contributed by atoms with van der Waals surface area (Å²) in [6.45, 7) is 7.88. The molecule has 0 N–H and O–H groups in total. The Bertz CT molecular complexity index is 406. The van der Waals surface area contributed by atoms with Crippen molar-refractivity contribution in [1.29, 1.82) is 0 Å². The number of benzene rings is 1. The van der Waals surface area contributed by atoms with Crippen molar-refractivity contribution in [3.05, 3.63) is 42.5 Å². The van der Waals surface area contributed by atoms with Crippen LogP contribution in [0.25, 0.3) is 0 Å². The third kappa shape index (κ3) is 6.05. The van der Waals surface area contributed by atoms with Gasteiger partial charge in [-0.05, 0) is 30.0 Å². The highest BCUT2D eigenvalue weighted by Gasteiger charge is 2.06. The van der Waals surface area contributed by atoms with E-state index in [4.69, 9.17) is 4.74 Å². The molecular weight excluding hydrogens is 248 g/mol. The van der Waals surface area contributed by atoms with E-state index in [1.165, 1.54) is 50.2 Å². The van der Waals surface area contributed by atoms with E-state index >= 15 is 0 Å². The van der Waals surface area contributed by atoms with Gasteiger partial charge in [-0.15, -0.1) is 0 Å². The monoisotopic (exact) mass is 274 g/mol. The molecule has 1 aromatic carbocycles. The maximum atomic E-state index is 11.1. The van der Waals surface area contributed by atoms with Crippen LogP contribution >= 0.6 is 0 Å². The van der Waals surface area contributed by atoms with Crippen LogP contribution in [0.2, 0.25) is 0 Å². The highest BCUT2D eigenvalue weighted by atomic mass is 16.5. The second kappa shape index (κ2) is 9.35. The molecule has 1 unspecified atom stereocenters. The third-order valence-corrected chi connectivity index (χ3v) is 3.57. The quantitative estimate of drug-likeness (QED) is 0.266. The van der Waals surface area contributed by atoms with Crippen LogP contribution in [0.5, 0.6) is 5.75 Å². The zero-order valence-corrected chi connectivity index (χ0v) is 12.7. The molecule has 0 saturated carbocycles. The maximum Gasteiger partial charge on any atom is 0.335 e. The predicted molar refractivity (Wildman–Crippen MR) is 84.1 cm³/mol. The largest absolute Gasteiger partial charge is 0.423 e. The smallest absolute Gasteiger partial charge is 0.335 e. The first-order valence-corrected chi connectivity index (χ1v) is 7.61. The van der Waals surface area contributed by atoms with Gasteiger partial charge in [0.1, 0.15) is 5.75 Å². The number of unbranched alkanes of at least 4 members (excludes halogenated alkanes) is 4. The topological polar surface area (TPSA) is 26.3 Å². The van der Waals surface area contributed by atoms with Crippen LogP contribution in [0, 0.1) is 0 Å². The molecule has 0 aliphatic carbocycles. The molecule has 0 amide bonds. The van der Waals surface area contributed by atoms with Crippen molar-refractivity contribution in [1.82, 2.24) is 0 Å². The fourth-order valence-electron chi connectivity index (χ4n) is 2.24. The van der Waals surface area contributed by atoms with Crippen molar-refractivity contribution in [2.75, 3.05) is 0 Å². The predicted octanol–water partition coefficient (Wildman–Crippen LogP) is 5.24. The summed E-state index contributed by atoms with van der Waals surface area (Å²) in [4.78, 5) is 11.1. The van der Waals surface area contributed by atoms with Gasteiger partial charge in [-0.25, -0.2) is 4.79 Å². The average molecular weight is 274 g/mol. The first kappa shape index (κ1) is 16.5. The molecule has 0 saturated heterocycles. The van der Waals surface area contributed by atoms with E-state index in [1.807, 2.05) is 24.3 Å². The number of hydrogen-bond acceptors (Lipinski definition) is 2. The van der Waals surface area contributed by atoms with E-state index in [9.17, 15) is 4.79 Å². The van der Waals surface area contributed by atoms with E-state index < -0.39 is 5.97 Å². The highest BCUT2D eigenvalue weighted by molar-refractivity contribution is 5.83. The summed E-state index contributed by atoms with van der Waals surface area (Å²) < 4.78 is 5.07. The lowest BCUT2D eigenvalue weighted by Crippen LogP contribution is -2.03. The fraction of sp³-hybridized carbons (Fsp3) is 0.500. The average Bonchev–Trinajstić information content (AvgIpc) is 2.47. The van der Waals surface area contributed by atoms with Crippen LogP contribution in [0.3, 0.4) is 0 Å². The molecule has 0 bridgehead atoms. The second-order valence-corrected chi connectivity index (χ2v) is 5.30. The normalized spacial score (nSPS) is 11.9. The van der Waals surface area contributed by atoms with Gasteiger partial charge in [-0.3, -0.25) is 0 Å². The van der Waals surface area contributed by atoms with Crippen molar-refractivity contribution in [3.63, 3.8) is 0 Å². The minimum atomic E-state index is -0.415. The Labute approximate surface area is 122 Å². The second-order valence-electron chi connectivity index (χ2n) is 5.30. The number of hydrogen-bond donors (Lipinski definition) is 0. The molecule has 110 valence electrons. The Morgan fingerprint density at radius 3 is 2.45 bits per heavy atom. The number of carbonyl (C=O) groups is 1. The van der Waals surface area contributed by atoms with Crippen LogP contribution in [-0.2, 0) is 4.79 Å². The summed E-state index contributed by atoms with van der Waals surface area (Å²) in [7, 11) is 0. The summed E-state index contributed by atoms with van der Waals surface area (Å²) >= 11 is 0. The van der Waals surface area contributed by atoms with Gasteiger partial charge in [0.25, 0.3) is 0 Å². The molecule has 0 aliphatic rings. The Hall–Kier alpha value is -1.57. The maximum absolute atomic E-state index is 11.1. The van der Waals surface area contributed by atoms with Gasteiger partial charge in [-0.2, -0.15) is 0 Å². The lowest BCUT2D eigenvalue weighted by molar-refractivity contribution is -0.128. The molecule has 1 atom stereocenters. The minimum absolute atomic E-state index is 0.415. The van der Waals surface area contributed by atoms with Crippen LogP contribution in [0.15, 0.2) is 36.9 Å². The zero-order valence-electron chi connectivity index (χ0n) is 12.7. The summed E-state index contributed by atoms with van der Waals surface area (Å²) in [6.07, 6.45) is 8.99. The Kier molecular flexibility index (Phi) is 7.71. The molecule has 0 fully saturated rings. The molecule has 2 heteroatoms. The van der Waals surface area contributed by atoms with Gasteiger partial charge in [0.15, 0.2) is 0 Å². The number of esters is 1. The minimum Gasteiger partial charge on any atom is -0.423 e. The molecule has 2 nitrogen and oxygen atoms in total. The first-order chi connectivity index (χ1) is 9.67. The van der Waals surface area contributed by atoms with E-state index in [0.717, 1.165) is 0 Å². The van der Waals surface area contributed by atoms with Gasteiger partial charge in [-0.1, -0.05) is 64.7 Å². The van der Waals surface area contributed by atoms with Crippen LogP contribution in [-0.4, -0.2) is 5.97 Å². The summed E-state index contributed by atoms with van der Waals surface area (Å²) in [5.74, 6) is 0.719. The Morgan fingerprint density at radius 2 is 1.85 bits per heavy atom. The van der Waals surface area contributed by atoms with Gasteiger partial charge in [0.2, 0.25) is 0 Å². The number of carbonyl (C=O) groups excluding carboxylic acids is 1. The summed E-state index contributed by atoms with van der Waals surface area (Å²) in [6, 6.07) is 7.79. The van der Waals surface area contributed by atoms with Crippen molar-refractivity contribution >= 4 is 5.97 Å². The van der Waals surface area contributed by atoms with Gasteiger partial charge in [0.05, 0.1) is 0 Å². The third-order valence-electron chi connectivity index (χ3n) is 3.57. The Morgan fingerprint density at radius 1 is 1.20 bits per heavy atom. The van der Waals surface area contributed by atoms with E-state index in [1.54, 1.807) is 0 Å². The number of rotatable bonds is 9. The number of ether oxygens (including phenoxy) is 1. The van der Waals surface area contributed by atoms with Crippen molar-refractivity contribution in [3.8, 4) is 5.75 Å². The van der Waals surface area contributed by atoms with Gasteiger partial charge >= 0.3 is 5.97 Å². The van der Waals surface area contributed by atoms with Crippen LogP contribution in [0.4, 0.5) is 0 Å². The van der Waals surface area contributed by atoms with E-state index in [0.29, 0.717) is 11.7 Å². The molecule has 0 radical (unpaired) electrons. The standard InChI is InChI=1S/C18H26O2/c1-4-6-7-8-9-10-15(3)16-11-13-17(14-12-16)20-18(19)5-2/h5,11-15H,2,4,6-10H2,1,3H3. The SMILES string of the molecule is C=CC(=O)Oc1ccc(C(C)CCCCCCC)cc1. The van der Waals surface area contributed by atoms with Crippen molar-refractivity contribution < 1.29 is 9.53 Å². The molecule has 1 rings (SSSR count). The van der Waals surface area contributed by atoms with Crippen LogP contribution in [0.1, 0.15) is 63.9 Å². The van der Waals surface area contributed by atoms with E-state index in [2.05, 4.69) is 20.4 Å². The summed E-state index contributed by atoms with van der Waals surface area (Å²) in [5.41, 5.74) is 1.30. The molecule has 0 aromatic heterocycles. The molecular formula is C18H26O2. The lowest BCUT2D eigenvalue weighted by Gasteiger charge is -2.12. The first-order valence-electron chi connectivity index (χ1n) is 7.61. The molecule has 0 spiro atoms. The van der Waals surface area contributed by atoms with Crippen molar-refractivity contribution in [2.45, 2.75) is 58.3 Å². The Balaban J connectivity index is 2.38. The molecule has 0 aliphatic heterocycles. The molecule has 0 heterocycles. The van der Waals surface area contributed by atoms with Gasteiger partial charge < -0.3 is 4.74 Å². The van der Waals surface area contributed by atoms with Crippen LogP contribution < -0.4 is 4.74 Å². The fourth-order valence-corrected chi connectivity index (χ4v) is 2.24. The lowest BCUT2D eigenvalue weighted by atomic mass is 9.95. The van der Waals surface area contributed by atoms with E-state index in [-0.39, 0.29) is 0 Å². The van der Waals surface area contributed by atoms with Crippen molar-refractivity contribution in [2.24, 2.45) is 0 Å². The summed E-state index contributed by atoms with van der Waals surface area (Å²) in [5, 5.41) is 0. The molecule has 20 heavy (non-hydrogen) atoms.